The Kier molecular flexibility index (Phi) is 15.1. The van der Waals surface area contributed by atoms with Crippen LogP contribution >= 0.6 is 0 Å². The number of likely N-dealkylation sites (N-methyl/N-ethyl adjacent to an activating group) is 1. The molecular weight excluding hydrogens is 743 g/mol. The maximum atomic E-state index is 16.6. The van der Waals surface area contributed by atoms with Crippen molar-refractivity contribution in [1.29, 1.82) is 0 Å². The number of unbranched alkanes of at least 4 members (excludes halogenated alkanes) is 3. The summed E-state index contributed by atoms with van der Waals surface area (Å²) >= 11 is -3.36. The Bertz CT molecular complexity index is 1330. The number of halogens is 4. The van der Waals surface area contributed by atoms with Gasteiger partial charge in [-0.05, 0) is 0 Å². The first kappa shape index (κ1) is 40.6. The van der Waals surface area contributed by atoms with Crippen LogP contribution in [0.5, 0.6) is 5.88 Å². The molecule has 0 bridgehead atoms. The fourth-order valence-electron chi connectivity index (χ4n) is 6.50. The van der Waals surface area contributed by atoms with Crippen molar-refractivity contribution >= 4 is 47.3 Å². The molecule has 1 aliphatic heterocycles. The molecule has 2 heterocycles. The van der Waals surface area contributed by atoms with Crippen molar-refractivity contribution < 1.29 is 27.1 Å². The first-order chi connectivity index (χ1) is 22.5. The molecule has 1 aliphatic rings. The summed E-state index contributed by atoms with van der Waals surface area (Å²) in [7, 11) is 0.563. The van der Waals surface area contributed by atoms with E-state index in [1.165, 1.54) is 0 Å². The van der Waals surface area contributed by atoms with Crippen molar-refractivity contribution in [2.45, 2.75) is 117 Å². The number of nitrogens with one attached hydrogen (secondary N) is 1. The summed E-state index contributed by atoms with van der Waals surface area (Å²) in [6, 6.07) is 5.13. The number of amides is 1. The Labute approximate surface area is 291 Å². The number of piperazine rings is 1. The molecule has 1 fully saturated rings. The molecule has 0 saturated carbocycles. The van der Waals surface area contributed by atoms with Crippen LogP contribution in [-0.2, 0) is 6.18 Å². The zero-order valence-electron chi connectivity index (χ0n) is 30.5. The molecule has 1 N–H and O–H groups in total. The van der Waals surface area contributed by atoms with Crippen molar-refractivity contribution in [3.63, 3.8) is 0 Å². The number of ether oxygens (including phenoxy) is 1. The molecule has 1 aromatic heterocycles. The minimum atomic E-state index is -4.80. The van der Waals surface area contributed by atoms with Gasteiger partial charge in [-0.1, -0.05) is 19.6 Å². The van der Waals surface area contributed by atoms with Crippen LogP contribution in [-0.4, -0.2) is 81.6 Å². The number of pyridine rings is 1. The van der Waals surface area contributed by atoms with E-state index < -0.39 is 49.7 Å². The Morgan fingerprint density at radius 2 is 1.62 bits per heavy atom. The average Bonchev–Trinajstić information content (AvgIpc) is 3.02. The van der Waals surface area contributed by atoms with Crippen molar-refractivity contribution in [1.82, 2.24) is 9.88 Å². The number of alkyl halides is 3. The summed E-state index contributed by atoms with van der Waals surface area (Å²) in [6.45, 7) is 17.2. The normalized spacial score (nSPS) is 16.3. The number of benzene rings is 1. The fourth-order valence-corrected chi connectivity index (χ4v) is 23.4. The number of hydrogen-bond donors (Lipinski definition) is 1. The van der Waals surface area contributed by atoms with Gasteiger partial charge in [0.15, 0.2) is 0 Å². The molecule has 1 saturated heterocycles. The minimum absolute atomic E-state index is 0.157. The van der Waals surface area contributed by atoms with Gasteiger partial charge >= 0.3 is 265 Å². The summed E-state index contributed by atoms with van der Waals surface area (Å²) in [6.07, 6.45) is 2.28. The third kappa shape index (κ3) is 11.1. The van der Waals surface area contributed by atoms with Crippen molar-refractivity contribution in [3.8, 4) is 5.88 Å². The van der Waals surface area contributed by atoms with E-state index in [0.29, 0.717) is 24.5 Å². The Hall–Kier alpha value is -1.86. The molecule has 3 rings (SSSR count). The second-order valence-corrected chi connectivity index (χ2v) is 33.6. The number of anilines is 2. The summed E-state index contributed by atoms with van der Waals surface area (Å²) in [5.74, 6) is -1.30. The topological polar surface area (TPSA) is 57.7 Å². The van der Waals surface area contributed by atoms with Crippen molar-refractivity contribution in [2.75, 3.05) is 43.5 Å². The van der Waals surface area contributed by atoms with Crippen LogP contribution in [0.2, 0.25) is 39.0 Å². The van der Waals surface area contributed by atoms with Gasteiger partial charge in [0.1, 0.15) is 0 Å². The molecule has 12 heteroatoms. The van der Waals surface area contributed by atoms with Crippen LogP contribution in [0, 0.1) is 5.82 Å². The molecule has 2 aromatic rings. The Balaban J connectivity index is 2.13. The number of carbonyl (C=O) groups is 1. The molecule has 48 heavy (non-hydrogen) atoms. The van der Waals surface area contributed by atoms with Gasteiger partial charge in [0.25, 0.3) is 0 Å². The van der Waals surface area contributed by atoms with E-state index in [9.17, 15) is 18.0 Å². The number of carbonyl (C=O) groups excluding carboxylic acids is 1. The molecular formula is C36H58F4N4O2SiSn. The zero-order valence-corrected chi connectivity index (χ0v) is 34.3. The van der Waals surface area contributed by atoms with Gasteiger partial charge < -0.3 is 0 Å². The molecule has 0 aliphatic carbocycles. The molecule has 1 aromatic carbocycles. The maximum absolute atomic E-state index is 16.6. The standard InChI is InChI=1S/C24H31F4N4O2Si.3C4H9.Sn/c1-16-15-32(9-8-31(16)2)21-12-17(25)6-7-20(21)30-23(33)18-14-29-22(13-19(18)24(26,27)28)34-10-11-35(3,4)5;3*1-3-4-2;/h7,12-14,16H,8-11,15H2,1-5H3,(H,30,33);3*1,3-4H2,2H3;. The van der Waals surface area contributed by atoms with Crippen LogP contribution in [0.15, 0.2) is 24.4 Å². The molecule has 1 atom stereocenters. The number of nitrogens with zero attached hydrogens (tertiary/aromatic N) is 3. The molecule has 1 unspecified atom stereocenters. The second kappa shape index (κ2) is 17.9. The van der Waals surface area contributed by atoms with E-state index in [1.807, 2.05) is 18.0 Å². The third-order valence-electron chi connectivity index (χ3n) is 9.76. The SMILES string of the molecule is CCC[CH2][Sn]([CH2]CCC)([CH2]CCC)[c]1cc(NC(=O)c2cnc(OCC[Si](C)(C)C)cc2C(F)(F)F)c(N2CCN(C)C(C)C2)cc1F. The fraction of sp³-hybridized carbons (Fsp3) is 0.667. The molecule has 270 valence electrons. The molecule has 6 nitrogen and oxygen atoms in total. The van der Waals surface area contributed by atoms with Gasteiger partial charge in [0.05, 0.1) is 0 Å². The molecule has 1 amide bonds. The van der Waals surface area contributed by atoms with E-state index in [1.54, 1.807) is 6.07 Å². The van der Waals surface area contributed by atoms with E-state index in [2.05, 4.69) is 62.5 Å². The van der Waals surface area contributed by atoms with E-state index in [-0.39, 0.29) is 24.3 Å². The van der Waals surface area contributed by atoms with Crippen molar-refractivity contribution in [2.24, 2.45) is 0 Å². The van der Waals surface area contributed by atoms with E-state index in [0.717, 1.165) is 80.3 Å². The van der Waals surface area contributed by atoms with Crippen LogP contribution in [0.3, 0.4) is 0 Å². The summed E-state index contributed by atoms with van der Waals surface area (Å²) in [4.78, 5) is 22.2. The summed E-state index contributed by atoms with van der Waals surface area (Å²) < 4.78 is 69.2. The number of hydrogen-bond acceptors (Lipinski definition) is 5. The van der Waals surface area contributed by atoms with E-state index in [4.69, 9.17) is 4.74 Å². The second-order valence-electron chi connectivity index (χ2n) is 14.9. The van der Waals surface area contributed by atoms with Gasteiger partial charge in [-0.2, -0.15) is 0 Å². The quantitative estimate of drug-likeness (QED) is 0.128. The van der Waals surface area contributed by atoms with Gasteiger partial charge in [0.2, 0.25) is 0 Å². The Morgan fingerprint density at radius 3 is 2.15 bits per heavy atom. The number of aromatic nitrogens is 1. The molecule has 0 spiro atoms. The molecule has 0 radical (unpaired) electrons. The zero-order chi connectivity index (χ0) is 35.7. The van der Waals surface area contributed by atoms with Crippen molar-refractivity contribution in [3.05, 3.63) is 41.3 Å². The van der Waals surface area contributed by atoms with Crippen LogP contribution in [0.1, 0.15) is 82.1 Å². The first-order valence-corrected chi connectivity index (χ1v) is 29.0. The van der Waals surface area contributed by atoms with Gasteiger partial charge in [0, 0.05) is 8.07 Å². The number of rotatable bonds is 17. The van der Waals surface area contributed by atoms with Crippen LogP contribution in [0.25, 0.3) is 0 Å². The predicted molar refractivity (Wildman–Crippen MR) is 196 cm³/mol. The monoisotopic (exact) mass is 802 g/mol. The van der Waals surface area contributed by atoms with E-state index >= 15 is 4.39 Å². The van der Waals surface area contributed by atoms with Gasteiger partial charge in [-0.3, -0.25) is 0 Å². The van der Waals surface area contributed by atoms with Gasteiger partial charge in [-0.15, -0.1) is 0 Å². The first-order valence-electron chi connectivity index (χ1n) is 17.9. The summed E-state index contributed by atoms with van der Waals surface area (Å²) in [5, 5.41) is 2.85. The van der Waals surface area contributed by atoms with Crippen LogP contribution in [0.4, 0.5) is 28.9 Å². The predicted octanol–water partition coefficient (Wildman–Crippen LogP) is 9.41. The average molecular weight is 802 g/mol. The van der Waals surface area contributed by atoms with Gasteiger partial charge in [-0.25, -0.2) is 0 Å². The van der Waals surface area contributed by atoms with Crippen LogP contribution < -0.4 is 18.5 Å². The summed E-state index contributed by atoms with van der Waals surface area (Å²) in [5.41, 5.74) is -0.792. The Morgan fingerprint density at radius 1 is 1.02 bits per heavy atom. The third-order valence-corrected chi connectivity index (χ3v) is 27.0.